The van der Waals surface area contributed by atoms with Gasteiger partial charge in [-0.15, -0.1) is 0 Å². The summed E-state index contributed by atoms with van der Waals surface area (Å²) in [6.45, 7) is 0. The number of carbonyl (C=O) groups excluding carboxylic acids is 1. The summed E-state index contributed by atoms with van der Waals surface area (Å²) in [5.74, 6) is 0.960. The zero-order valence-corrected chi connectivity index (χ0v) is 22.9. The summed E-state index contributed by atoms with van der Waals surface area (Å²) < 4.78 is 11.5. The Kier molecular flexibility index (Phi) is 7.74. The molecule has 38 heavy (non-hydrogen) atoms. The largest absolute Gasteiger partial charge is 0.457 e. The van der Waals surface area contributed by atoms with Crippen LogP contribution in [0.5, 0.6) is 0 Å². The number of halogens is 4. The number of nitrogens with zero attached hydrogens (tertiary/aromatic N) is 1. The molecule has 2 aromatic heterocycles. The molecule has 0 aliphatic heterocycles. The molecule has 0 saturated heterocycles. The SMILES string of the molecule is O=C(C=Cc1ccc(-c2cccc(Cl)c2Cl)o1)NC(=S)Nc1ccc(-c2nc3cc(Cl)cc(Cl)c3o2)cc1. The van der Waals surface area contributed by atoms with Crippen molar-refractivity contribution in [2.75, 3.05) is 5.32 Å². The van der Waals surface area contributed by atoms with E-state index in [1.54, 1.807) is 66.7 Å². The van der Waals surface area contributed by atoms with Crippen molar-refractivity contribution >= 4 is 92.5 Å². The third kappa shape index (κ3) is 5.88. The van der Waals surface area contributed by atoms with Crippen LogP contribution in [0.1, 0.15) is 5.76 Å². The van der Waals surface area contributed by atoms with Crippen molar-refractivity contribution in [3.63, 3.8) is 0 Å². The Hall–Kier alpha value is -3.33. The second-order valence-electron chi connectivity index (χ2n) is 7.91. The molecule has 0 fully saturated rings. The number of fused-ring (bicyclic) bond motifs is 1. The summed E-state index contributed by atoms with van der Waals surface area (Å²) in [5.41, 5.74) is 3.08. The number of rotatable bonds is 5. The number of hydrogen-bond donors (Lipinski definition) is 2. The number of benzene rings is 3. The fraction of sp³-hybridized carbons (Fsp3) is 0. The first-order valence-electron chi connectivity index (χ1n) is 11.0. The lowest BCUT2D eigenvalue weighted by Crippen LogP contribution is -2.32. The Morgan fingerprint density at radius 3 is 2.50 bits per heavy atom. The Morgan fingerprint density at radius 1 is 0.921 bits per heavy atom. The van der Waals surface area contributed by atoms with E-state index in [-0.39, 0.29) is 5.11 Å². The molecule has 5 rings (SSSR count). The van der Waals surface area contributed by atoms with Crippen molar-refractivity contribution in [3.05, 3.63) is 98.7 Å². The molecule has 0 saturated carbocycles. The van der Waals surface area contributed by atoms with Crippen molar-refractivity contribution < 1.29 is 13.6 Å². The van der Waals surface area contributed by atoms with Crippen LogP contribution in [-0.2, 0) is 4.79 Å². The van der Waals surface area contributed by atoms with Crippen LogP contribution in [0.3, 0.4) is 0 Å². The first-order chi connectivity index (χ1) is 18.3. The molecule has 3 aromatic carbocycles. The van der Waals surface area contributed by atoms with Crippen LogP contribution >= 0.6 is 58.6 Å². The summed E-state index contributed by atoms with van der Waals surface area (Å²) in [6.07, 6.45) is 2.83. The number of nitrogens with one attached hydrogen (secondary N) is 2. The van der Waals surface area contributed by atoms with Crippen molar-refractivity contribution in [1.82, 2.24) is 10.3 Å². The molecule has 2 N–H and O–H groups in total. The van der Waals surface area contributed by atoms with E-state index in [1.165, 1.54) is 12.2 Å². The summed E-state index contributed by atoms with van der Waals surface area (Å²) in [5, 5.41) is 7.35. The van der Waals surface area contributed by atoms with Crippen LogP contribution in [0, 0.1) is 0 Å². The Bertz CT molecular complexity index is 1710. The summed E-state index contributed by atoms with van der Waals surface area (Å²) in [6, 6.07) is 19.2. The van der Waals surface area contributed by atoms with Gasteiger partial charge < -0.3 is 14.2 Å². The third-order valence-electron chi connectivity index (χ3n) is 5.28. The molecule has 2 heterocycles. The van der Waals surface area contributed by atoms with E-state index in [0.717, 1.165) is 5.56 Å². The van der Waals surface area contributed by atoms with Crippen LogP contribution < -0.4 is 10.6 Å². The highest BCUT2D eigenvalue weighted by Gasteiger charge is 2.13. The molecule has 0 spiro atoms. The number of carbonyl (C=O) groups is 1. The molecule has 0 atom stereocenters. The lowest BCUT2D eigenvalue weighted by atomic mass is 10.2. The van der Waals surface area contributed by atoms with Crippen LogP contribution in [0.4, 0.5) is 5.69 Å². The predicted octanol–water partition coefficient (Wildman–Crippen LogP) is 8.89. The average molecular weight is 603 g/mol. The van der Waals surface area contributed by atoms with Crippen LogP contribution in [-0.4, -0.2) is 16.0 Å². The highest BCUT2D eigenvalue weighted by molar-refractivity contribution is 7.80. The molecule has 190 valence electrons. The van der Waals surface area contributed by atoms with Crippen LogP contribution in [0.15, 0.2) is 81.6 Å². The van der Waals surface area contributed by atoms with Crippen molar-refractivity contribution in [1.29, 1.82) is 0 Å². The molecule has 11 heteroatoms. The second kappa shape index (κ2) is 11.2. The Morgan fingerprint density at radius 2 is 1.71 bits per heavy atom. The number of aromatic nitrogens is 1. The predicted molar refractivity (Wildman–Crippen MR) is 157 cm³/mol. The molecular weight excluding hydrogens is 588 g/mol. The van der Waals surface area contributed by atoms with Gasteiger partial charge in [0, 0.05) is 27.9 Å². The summed E-state index contributed by atoms with van der Waals surface area (Å²) in [7, 11) is 0. The van der Waals surface area contributed by atoms with E-state index >= 15 is 0 Å². The second-order valence-corrected chi connectivity index (χ2v) is 9.95. The number of hydrogen-bond acceptors (Lipinski definition) is 5. The number of thiocarbonyl (C=S) groups is 1. The maximum absolute atomic E-state index is 12.3. The van der Waals surface area contributed by atoms with E-state index < -0.39 is 5.91 Å². The normalized spacial score (nSPS) is 11.3. The van der Waals surface area contributed by atoms with Gasteiger partial charge in [0.25, 0.3) is 0 Å². The topological polar surface area (TPSA) is 80.3 Å². The van der Waals surface area contributed by atoms with Gasteiger partial charge in [0.05, 0.1) is 15.1 Å². The maximum Gasteiger partial charge on any atom is 0.250 e. The molecule has 0 radical (unpaired) electrons. The van der Waals surface area contributed by atoms with Gasteiger partial charge in [0.2, 0.25) is 11.8 Å². The highest BCUT2D eigenvalue weighted by Crippen LogP contribution is 2.35. The minimum Gasteiger partial charge on any atom is -0.457 e. The van der Waals surface area contributed by atoms with E-state index in [4.69, 9.17) is 67.5 Å². The third-order valence-corrected chi connectivity index (χ3v) is 6.80. The van der Waals surface area contributed by atoms with Gasteiger partial charge in [-0.1, -0.05) is 52.5 Å². The minimum absolute atomic E-state index is 0.126. The fourth-order valence-electron chi connectivity index (χ4n) is 3.53. The molecule has 0 unspecified atom stereocenters. The van der Waals surface area contributed by atoms with Gasteiger partial charge in [-0.3, -0.25) is 10.1 Å². The van der Waals surface area contributed by atoms with E-state index in [9.17, 15) is 4.79 Å². The Balaban J connectivity index is 1.18. The van der Waals surface area contributed by atoms with Gasteiger partial charge in [-0.25, -0.2) is 4.98 Å². The fourth-order valence-corrected chi connectivity index (χ4v) is 4.67. The van der Waals surface area contributed by atoms with Gasteiger partial charge in [0.1, 0.15) is 17.0 Å². The first kappa shape index (κ1) is 26.3. The lowest BCUT2D eigenvalue weighted by molar-refractivity contribution is -0.115. The quantitative estimate of drug-likeness (QED) is 0.154. The van der Waals surface area contributed by atoms with Crippen molar-refractivity contribution in [3.8, 4) is 22.8 Å². The maximum atomic E-state index is 12.3. The number of furan rings is 1. The minimum atomic E-state index is -0.431. The van der Waals surface area contributed by atoms with E-state index in [0.29, 0.717) is 59.9 Å². The molecule has 0 aliphatic rings. The van der Waals surface area contributed by atoms with E-state index in [2.05, 4.69) is 15.6 Å². The lowest BCUT2D eigenvalue weighted by Gasteiger charge is -2.08. The zero-order chi connectivity index (χ0) is 26.8. The van der Waals surface area contributed by atoms with Gasteiger partial charge in [-0.2, -0.15) is 0 Å². The smallest absolute Gasteiger partial charge is 0.250 e. The number of amides is 1. The van der Waals surface area contributed by atoms with Crippen molar-refractivity contribution in [2.24, 2.45) is 0 Å². The first-order valence-corrected chi connectivity index (χ1v) is 12.9. The zero-order valence-electron chi connectivity index (χ0n) is 19.1. The van der Waals surface area contributed by atoms with Crippen LogP contribution in [0.2, 0.25) is 20.1 Å². The number of anilines is 1. The monoisotopic (exact) mass is 601 g/mol. The van der Waals surface area contributed by atoms with E-state index in [1.807, 2.05) is 0 Å². The van der Waals surface area contributed by atoms with Gasteiger partial charge >= 0.3 is 0 Å². The standard InChI is InChI=1S/C27H15Cl4N3O3S/c28-15-12-20(30)25-21(13-15)33-26(37-25)14-4-6-16(7-5-14)32-27(38)34-23(35)11-9-17-8-10-22(36-17)18-2-1-3-19(29)24(18)31/h1-13H,(H2,32,34,35,38). The van der Waals surface area contributed by atoms with Crippen molar-refractivity contribution in [2.45, 2.75) is 0 Å². The highest BCUT2D eigenvalue weighted by atomic mass is 35.5. The van der Waals surface area contributed by atoms with Gasteiger partial charge in [-0.05, 0) is 79.0 Å². The summed E-state index contributed by atoms with van der Waals surface area (Å²) >= 11 is 29.8. The van der Waals surface area contributed by atoms with Crippen LogP contribution in [0.25, 0.3) is 40.0 Å². The molecule has 0 aliphatic carbocycles. The number of oxazole rings is 1. The summed E-state index contributed by atoms with van der Waals surface area (Å²) in [4.78, 5) is 16.8. The molecular formula is C27H15Cl4N3O3S. The Labute approximate surface area is 242 Å². The van der Waals surface area contributed by atoms with Gasteiger partial charge in [0.15, 0.2) is 10.7 Å². The molecule has 5 aromatic rings. The molecule has 1 amide bonds. The molecule has 0 bridgehead atoms. The molecule has 6 nitrogen and oxygen atoms in total. The average Bonchev–Trinajstić information content (AvgIpc) is 3.52.